The van der Waals surface area contributed by atoms with Crippen molar-refractivity contribution in [3.8, 4) is 5.75 Å². The number of para-hydroxylation sites is 1. The highest BCUT2D eigenvalue weighted by Crippen LogP contribution is 2.33. The van der Waals surface area contributed by atoms with Crippen LogP contribution in [0.1, 0.15) is 33.3 Å². The lowest BCUT2D eigenvalue weighted by Gasteiger charge is -2.10. The van der Waals surface area contributed by atoms with Crippen molar-refractivity contribution in [3.05, 3.63) is 45.8 Å². The van der Waals surface area contributed by atoms with E-state index in [0.29, 0.717) is 16.3 Å². The number of amides is 1. The molecule has 1 amide bonds. The van der Waals surface area contributed by atoms with Crippen LogP contribution in [0.25, 0.3) is 0 Å². The number of carbonyl (C=O) groups excluding carboxylic acids is 2. The Morgan fingerprint density at radius 1 is 1.22 bits per heavy atom. The standard InChI is InChI=1S/C17H19NO4S/c1-10-11(2)23-16(18-12(3)19)15(10)17(20)22-9-13-7-5-6-8-14(13)21-4/h5-8H,9H2,1-4H3,(H,18,19). The number of anilines is 1. The molecule has 2 aromatic rings. The van der Waals surface area contributed by atoms with Crippen molar-refractivity contribution in [1.29, 1.82) is 0 Å². The second-order valence-corrected chi connectivity index (χ2v) is 6.28. The minimum Gasteiger partial charge on any atom is -0.496 e. The molecule has 23 heavy (non-hydrogen) atoms. The van der Waals surface area contributed by atoms with E-state index in [1.165, 1.54) is 18.3 Å². The summed E-state index contributed by atoms with van der Waals surface area (Å²) in [5.74, 6) is -0.00728. The van der Waals surface area contributed by atoms with Crippen LogP contribution in [0.3, 0.4) is 0 Å². The maximum absolute atomic E-state index is 12.4. The van der Waals surface area contributed by atoms with E-state index in [1.54, 1.807) is 7.11 Å². The Balaban J connectivity index is 2.19. The summed E-state index contributed by atoms with van der Waals surface area (Å²) >= 11 is 1.37. The molecule has 6 heteroatoms. The van der Waals surface area contributed by atoms with Gasteiger partial charge in [0.05, 0.1) is 12.7 Å². The molecule has 0 aliphatic rings. The third-order valence-corrected chi connectivity index (χ3v) is 4.55. The number of aryl methyl sites for hydroxylation is 1. The summed E-state index contributed by atoms with van der Waals surface area (Å²) in [5.41, 5.74) is 2.02. The van der Waals surface area contributed by atoms with Gasteiger partial charge in [-0.05, 0) is 25.5 Å². The molecule has 0 spiro atoms. The van der Waals surface area contributed by atoms with Crippen LogP contribution in [-0.2, 0) is 16.1 Å². The number of nitrogens with one attached hydrogen (secondary N) is 1. The summed E-state index contributed by atoms with van der Waals surface area (Å²) in [5, 5.41) is 3.22. The summed E-state index contributed by atoms with van der Waals surface area (Å²) in [6.45, 7) is 5.27. The zero-order chi connectivity index (χ0) is 17.0. The van der Waals surface area contributed by atoms with Gasteiger partial charge in [-0.3, -0.25) is 4.79 Å². The first-order valence-corrected chi connectivity index (χ1v) is 7.92. The largest absolute Gasteiger partial charge is 0.496 e. The molecular weight excluding hydrogens is 314 g/mol. The van der Waals surface area contributed by atoms with Crippen molar-refractivity contribution in [2.45, 2.75) is 27.4 Å². The minimum atomic E-state index is -0.457. The zero-order valence-corrected chi connectivity index (χ0v) is 14.4. The predicted molar refractivity (Wildman–Crippen MR) is 90.2 cm³/mol. The van der Waals surface area contributed by atoms with Gasteiger partial charge < -0.3 is 14.8 Å². The Morgan fingerprint density at radius 2 is 1.91 bits per heavy atom. The van der Waals surface area contributed by atoms with Gasteiger partial charge in [0, 0.05) is 17.4 Å². The number of ether oxygens (including phenoxy) is 2. The van der Waals surface area contributed by atoms with E-state index in [4.69, 9.17) is 9.47 Å². The molecule has 0 saturated heterocycles. The van der Waals surface area contributed by atoms with E-state index in [0.717, 1.165) is 16.0 Å². The quantitative estimate of drug-likeness (QED) is 0.848. The molecule has 5 nitrogen and oxygen atoms in total. The van der Waals surface area contributed by atoms with Crippen molar-refractivity contribution in [3.63, 3.8) is 0 Å². The Labute approximate surface area is 139 Å². The van der Waals surface area contributed by atoms with E-state index < -0.39 is 5.97 Å². The van der Waals surface area contributed by atoms with Crippen LogP contribution in [-0.4, -0.2) is 19.0 Å². The van der Waals surface area contributed by atoms with Gasteiger partial charge in [0.1, 0.15) is 17.4 Å². The number of methoxy groups -OCH3 is 1. The summed E-state index contributed by atoms with van der Waals surface area (Å²) in [6.07, 6.45) is 0. The minimum absolute atomic E-state index is 0.108. The highest BCUT2D eigenvalue weighted by molar-refractivity contribution is 7.16. The molecule has 1 aromatic carbocycles. The highest BCUT2D eigenvalue weighted by Gasteiger charge is 2.22. The first-order valence-electron chi connectivity index (χ1n) is 7.10. The van der Waals surface area contributed by atoms with Crippen molar-refractivity contribution in [2.24, 2.45) is 0 Å². The number of esters is 1. The Bertz CT molecular complexity index is 736. The van der Waals surface area contributed by atoms with Crippen molar-refractivity contribution in [2.75, 3.05) is 12.4 Å². The topological polar surface area (TPSA) is 64.6 Å². The van der Waals surface area contributed by atoms with Crippen molar-refractivity contribution < 1.29 is 19.1 Å². The average Bonchev–Trinajstić information content (AvgIpc) is 2.79. The number of carbonyl (C=O) groups is 2. The van der Waals surface area contributed by atoms with E-state index in [9.17, 15) is 9.59 Å². The third-order valence-electron chi connectivity index (χ3n) is 3.43. The molecule has 0 radical (unpaired) electrons. The van der Waals surface area contributed by atoms with Gasteiger partial charge in [0.25, 0.3) is 0 Å². The molecule has 1 heterocycles. The lowest BCUT2D eigenvalue weighted by molar-refractivity contribution is -0.114. The first kappa shape index (κ1) is 17.0. The van der Waals surface area contributed by atoms with Gasteiger partial charge in [0.2, 0.25) is 5.91 Å². The fourth-order valence-electron chi connectivity index (χ4n) is 2.16. The van der Waals surface area contributed by atoms with Crippen LogP contribution in [0.4, 0.5) is 5.00 Å². The SMILES string of the molecule is COc1ccccc1COC(=O)c1c(NC(C)=O)sc(C)c1C. The van der Waals surface area contributed by atoms with E-state index in [2.05, 4.69) is 5.32 Å². The Morgan fingerprint density at radius 3 is 2.57 bits per heavy atom. The number of rotatable bonds is 5. The second kappa shape index (κ2) is 7.28. The fourth-order valence-corrected chi connectivity index (χ4v) is 3.25. The lowest BCUT2D eigenvalue weighted by Crippen LogP contribution is -2.12. The summed E-state index contributed by atoms with van der Waals surface area (Å²) in [7, 11) is 1.57. The van der Waals surface area contributed by atoms with Gasteiger partial charge >= 0.3 is 5.97 Å². The Kier molecular flexibility index (Phi) is 5.39. The first-order chi connectivity index (χ1) is 10.9. The van der Waals surface area contributed by atoms with Gasteiger partial charge in [0.15, 0.2) is 0 Å². The highest BCUT2D eigenvalue weighted by atomic mass is 32.1. The lowest BCUT2D eigenvalue weighted by atomic mass is 10.1. The molecule has 0 saturated carbocycles. The van der Waals surface area contributed by atoms with Gasteiger partial charge in [-0.1, -0.05) is 18.2 Å². The van der Waals surface area contributed by atoms with Gasteiger partial charge in [-0.25, -0.2) is 4.79 Å². The van der Waals surface area contributed by atoms with Crippen LogP contribution < -0.4 is 10.1 Å². The van der Waals surface area contributed by atoms with E-state index in [-0.39, 0.29) is 12.5 Å². The molecule has 0 fully saturated rings. The number of thiophene rings is 1. The zero-order valence-electron chi connectivity index (χ0n) is 13.6. The van der Waals surface area contributed by atoms with E-state index >= 15 is 0 Å². The molecule has 0 aliphatic carbocycles. The Hall–Kier alpha value is -2.34. The normalized spacial score (nSPS) is 10.3. The summed E-state index contributed by atoms with van der Waals surface area (Å²) in [4.78, 5) is 24.7. The smallest absolute Gasteiger partial charge is 0.341 e. The number of benzene rings is 1. The molecule has 0 atom stereocenters. The monoisotopic (exact) mass is 333 g/mol. The molecule has 0 unspecified atom stereocenters. The number of hydrogen-bond acceptors (Lipinski definition) is 5. The summed E-state index contributed by atoms with van der Waals surface area (Å²) < 4.78 is 10.7. The van der Waals surface area contributed by atoms with Gasteiger partial charge in [-0.2, -0.15) is 0 Å². The molecule has 0 aliphatic heterocycles. The maximum Gasteiger partial charge on any atom is 0.341 e. The summed E-state index contributed by atoms with van der Waals surface area (Å²) in [6, 6.07) is 7.36. The molecule has 122 valence electrons. The van der Waals surface area contributed by atoms with E-state index in [1.807, 2.05) is 38.1 Å². The molecule has 0 bridgehead atoms. The average molecular weight is 333 g/mol. The third kappa shape index (κ3) is 3.90. The second-order valence-electron chi connectivity index (χ2n) is 5.06. The number of hydrogen-bond donors (Lipinski definition) is 1. The molecule has 1 aromatic heterocycles. The molecular formula is C17H19NO4S. The molecule has 2 rings (SSSR count). The van der Waals surface area contributed by atoms with Crippen LogP contribution in [0.5, 0.6) is 5.75 Å². The van der Waals surface area contributed by atoms with Crippen molar-refractivity contribution in [1.82, 2.24) is 0 Å². The van der Waals surface area contributed by atoms with Crippen LogP contribution in [0, 0.1) is 13.8 Å². The van der Waals surface area contributed by atoms with Crippen LogP contribution in [0.15, 0.2) is 24.3 Å². The molecule has 1 N–H and O–H groups in total. The van der Waals surface area contributed by atoms with Crippen molar-refractivity contribution >= 4 is 28.2 Å². The van der Waals surface area contributed by atoms with Crippen LogP contribution in [0.2, 0.25) is 0 Å². The fraction of sp³-hybridized carbons (Fsp3) is 0.294. The predicted octanol–water partition coefficient (Wildman–Crippen LogP) is 3.69. The van der Waals surface area contributed by atoms with Crippen LogP contribution >= 0.6 is 11.3 Å². The maximum atomic E-state index is 12.4. The van der Waals surface area contributed by atoms with Gasteiger partial charge in [-0.15, -0.1) is 11.3 Å².